The van der Waals surface area contributed by atoms with Gasteiger partial charge in [-0.15, -0.1) is 0 Å². The molecule has 0 aromatic heterocycles. The van der Waals surface area contributed by atoms with Crippen LogP contribution < -0.4 is 0 Å². The van der Waals surface area contributed by atoms with Crippen molar-refractivity contribution < 1.29 is 44.5 Å². The molecule has 0 spiro atoms. The van der Waals surface area contributed by atoms with Gasteiger partial charge in [-0.05, 0) is 0 Å². The third-order valence-corrected chi connectivity index (χ3v) is 3.41. The second-order valence-corrected chi connectivity index (χ2v) is 4.85. The Hall–Kier alpha value is -0.360. The lowest BCUT2D eigenvalue weighted by Gasteiger charge is -2.41. The summed E-state index contributed by atoms with van der Waals surface area (Å²) in [4.78, 5) is 0. The summed E-state index contributed by atoms with van der Waals surface area (Å²) in [5.74, 6) is 0. The number of ether oxygens (including phenoxy) is 4. The van der Waals surface area contributed by atoms with E-state index >= 15 is 0 Å². The summed E-state index contributed by atoms with van der Waals surface area (Å²) in [6.07, 6.45) is -9.94. The Kier molecular flexibility index (Phi) is 5.29. The van der Waals surface area contributed by atoms with Crippen molar-refractivity contribution in [2.75, 3.05) is 20.3 Å². The van der Waals surface area contributed by atoms with Crippen molar-refractivity contribution in [1.82, 2.24) is 0 Å². The maximum absolute atomic E-state index is 9.89. The molecule has 2 saturated heterocycles. The molecular weight excluding hydrogens is 276 g/mol. The summed E-state index contributed by atoms with van der Waals surface area (Å²) in [6.45, 7) is -0.346. The minimum Gasteiger partial charge on any atom is -0.388 e. The van der Waals surface area contributed by atoms with Crippen LogP contribution in [0.1, 0.15) is 0 Å². The Morgan fingerprint density at radius 3 is 1.95 bits per heavy atom. The molecule has 2 rings (SSSR count). The summed E-state index contributed by atoms with van der Waals surface area (Å²) in [5, 5.41) is 48.1. The van der Waals surface area contributed by atoms with Crippen LogP contribution >= 0.6 is 0 Å². The molecule has 0 aromatic rings. The summed E-state index contributed by atoms with van der Waals surface area (Å²) >= 11 is 0. The molecule has 20 heavy (non-hydrogen) atoms. The lowest BCUT2D eigenvalue weighted by Crippen LogP contribution is -2.60. The van der Waals surface area contributed by atoms with Crippen molar-refractivity contribution in [3.63, 3.8) is 0 Å². The van der Waals surface area contributed by atoms with Gasteiger partial charge in [0.05, 0.1) is 13.2 Å². The van der Waals surface area contributed by atoms with Gasteiger partial charge in [0, 0.05) is 7.11 Å². The number of aliphatic hydroxyl groups excluding tert-OH is 5. The number of hydrogen-bond acceptors (Lipinski definition) is 9. The largest absolute Gasteiger partial charge is 0.388 e. The monoisotopic (exact) mass is 296 g/mol. The maximum Gasteiger partial charge on any atom is 0.186 e. The van der Waals surface area contributed by atoms with Gasteiger partial charge in [0.1, 0.15) is 36.6 Å². The third kappa shape index (κ3) is 3.11. The number of methoxy groups -OCH3 is 1. The van der Waals surface area contributed by atoms with Gasteiger partial charge in [-0.2, -0.15) is 0 Å². The number of rotatable bonds is 3. The van der Waals surface area contributed by atoms with Crippen LogP contribution in [0.25, 0.3) is 0 Å². The predicted molar refractivity (Wildman–Crippen MR) is 61.4 cm³/mol. The Morgan fingerprint density at radius 1 is 0.800 bits per heavy atom. The first kappa shape index (κ1) is 16.0. The molecule has 2 aliphatic rings. The molecule has 8 atom stereocenters. The third-order valence-electron chi connectivity index (χ3n) is 3.41. The summed E-state index contributed by atoms with van der Waals surface area (Å²) < 4.78 is 20.5. The lowest BCUT2D eigenvalue weighted by atomic mass is 10.0. The molecule has 0 radical (unpaired) electrons. The van der Waals surface area contributed by atoms with E-state index in [1.54, 1.807) is 0 Å². The topological polar surface area (TPSA) is 138 Å². The molecule has 9 nitrogen and oxygen atoms in total. The molecule has 0 unspecified atom stereocenters. The standard InChI is InChI=1S/C11H20O9/c1-17-11-9(7(15)5(13)3-19-11)20-10-8(16)6(14)4(12)2-18-10/h4-16H,2-3H2,1H3/t4-,5-,6+,7+,8-,9-,10+,11-/m1/s1. The van der Waals surface area contributed by atoms with E-state index in [2.05, 4.69) is 0 Å². The fraction of sp³-hybridized carbons (Fsp3) is 1.00. The van der Waals surface area contributed by atoms with Crippen LogP contribution in [-0.4, -0.2) is 95.1 Å². The quantitative estimate of drug-likeness (QED) is 0.359. The van der Waals surface area contributed by atoms with Crippen LogP contribution in [-0.2, 0) is 18.9 Å². The SMILES string of the molecule is CO[C@@H]1OC[C@@H](O)[C@H](O)[C@H]1O[C@@H]1OC[C@@H](O)[C@H](O)[C@H]1O. The van der Waals surface area contributed by atoms with E-state index in [0.717, 1.165) is 0 Å². The molecule has 5 N–H and O–H groups in total. The molecular formula is C11H20O9. The van der Waals surface area contributed by atoms with Gasteiger partial charge in [0.15, 0.2) is 12.6 Å². The van der Waals surface area contributed by atoms with Gasteiger partial charge in [-0.1, -0.05) is 0 Å². The number of hydrogen-bond donors (Lipinski definition) is 5. The zero-order chi connectivity index (χ0) is 14.9. The van der Waals surface area contributed by atoms with Crippen LogP contribution in [0.2, 0.25) is 0 Å². The molecule has 2 aliphatic heterocycles. The predicted octanol–water partition coefficient (Wildman–Crippen LogP) is -3.46. The van der Waals surface area contributed by atoms with E-state index in [-0.39, 0.29) is 13.2 Å². The highest BCUT2D eigenvalue weighted by molar-refractivity contribution is 4.88. The van der Waals surface area contributed by atoms with E-state index in [0.29, 0.717) is 0 Å². The highest BCUT2D eigenvalue weighted by Gasteiger charge is 2.45. The van der Waals surface area contributed by atoms with Crippen molar-refractivity contribution in [2.24, 2.45) is 0 Å². The first-order chi connectivity index (χ1) is 9.45. The molecule has 9 heteroatoms. The van der Waals surface area contributed by atoms with Gasteiger partial charge in [-0.25, -0.2) is 0 Å². The molecule has 0 aromatic carbocycles. The van der Waals surface area contributed by atoms with E-state index in [1.807, 2.05) is 0 Å². The molecule has 2 fully saturated rings. The second-order valence-electron chi connectivity index (χ2n) is 4.85. The van der Waals surface area contributed by atoms with E-state index in [1.165, 1.54) is 7.11 Å². The van der Waals surface area contributed by atoms with E-state index in [4.69, 9.17) is 18.9 Å². The van der Waals surface area contributed by atoms with Crippen molar-refractivity contribution in [3.8, 4) is 0 Å². The highest BCUT2D eigenvalue weighted by Crippen LogP contribution is 2.24. The molecule has 118 valence electrons. The normalized spacial score (nSPS) is 50.1. The van der Waals surface area contributed by atoms with Crippen LogP contribution in [0.3, 0.4) is 0 Å². The Bertz CT molecular complexity index is 312. The zero-order valence-corrected chi connectivity index (χ0v) is 10.9. The summed E-state index contributed by atoms with van der Waals surface area (Å²) in [6, 6.07) is 0. The number of aliphatic hydroxyl groups is 5. The van der Waals surface area contributed by atoms with E-state index < -0.39 is 49.2 Å². The summed E-state index contributed by atoms with van der Waals surface area (Å²) in [5.41, 5.74) is 0. The van der Waals surface area contributed by atoms with Gasteiger partial charge < -0.3 is 44.5 Å². The highest BCUT2D eigenvalue weighted by atomic mass is 16.7. The van der Waals surface area contributed by atoms with Crippen LogP contribution in [0.15, 0.2) is 0 Å². The van der Waals surface area contributed by atoms with Gasteiger partial charge >= 0.3 is 0 Å². The van der Waals surface area contributed by atoms with Crippen molar-refractivity contribution >= 4 is 0 Å². The molecule has 0 bridgehead atoms. The first-order valence-corrected chi connectivity index (χ1v) is 6.27. The second kappa shape index (κ2) is 6.60. The van der Waals surface area contributed by atoms with Gasteiger partial charge in [0.2, 0.25) is 0 Å². The first-order valence-electron chi connectivity index (χ1n) is 6.27. The minimum absolute atomic E-state index is 0.116. The Labute approximate surface area is 115 Å². The van der Waals surface area contributed by atoms with Gasteiger partial charge in [0.25, 0.3) is 0 Å². The fourth-order valence-corrected chi connectivity index (χ4v) is 2.17. The average molecular weight is 296 g/mol. The lowest BCUT2D eigenvalue weighted by molar-refractivity contribution is -0.340. The maximum atomic E-state index is 9.89. The van der Waals surface area contributed by atoms with Crippen LogP contribution in [0.5, 0.6) is 0 Å². The molecule has 0 saturated carbocycles. The van der Waals surface area contributed by atoms with Crippen LogP contribution in [0, 0.1) is 0 Å². The Balaban J connectivity index is 2.02. The van der Waals surface area contributed by atoms with Crippen molar-refractivity contribution in [1.29, 1.82) is 0 Å². The van der Waals surface area contributed by atoms with Crippen molar-refractivity contribution in [2.45, 2.75) is 49.2 Å². The molecule has 0 amide bonds. The summed E-state index contributed by atoms with van der Waals surface area (Å²) in [7, 11) is 1.34. The average Bonchev–Trinajstić information content (AvgIpc) is 2.44. The zero-order valence-electron chi connectivity index (χ0n) is 10.9. The van der Waals surface area contributed by atoms with Crippen molar-refractivity contribution in [3.05, 3.63) is 0 Å². The van der Waals surface area contributed by atoms with Gasteiger partial charge in [-0.3, -0.25) is 0 Å². The molecule has 2 heterocycles. The fourth-order valence-electron chi connectivity index (χ4n) is 2.17. The van der Waals surface area contributed by atoms with Crippen LogP contribution in [0.4, 0.5) is 0 Å². The minimum atomic E-state index is -1.50. The Morgan fingerprint density at radius 2 is 1.35 bits per heavy atom. The smallest absolute Gasteiger partial charge is 0.186 e. The van der Waals surface area contributed by atoms with E-state index in [9.17, 15) is 25.5 Å². The molecule has 0 aliphatic carbocycles.